The number of ether oxygens (including phenoxy) is 1. The van der Waals surface area contributed by atoms with Crippen LogP contribution in [0, 0.1) is 0 Å². The highest BCUT2D eigenvalue weighted by Gasteiger charge is 2.05. The summed E-state index contributed by atoms with van der Waals surface area (Å²) in [5.41, 5.74) is 1.99. The van der Waals surface area contributed by atoms with Gasteiger partial charge in [0.15, 0.2) is 5.78 Å². The number of rotatable bonds is 5. The van der Waals surface area contributed by atoms with Gasteiger partial charge in [-0.1, -0.05) is 12.1 Å². The summed E-state index contributed by atoms with van der Waals surface area (Å²) in [6.45, 7) is 1.83. The fraction of sp³-hybridized carbons (Fsp3) is 0.188. The van der Waals surface area contributed by atoms with Gasteiger partial charge in [-0.2, -0.15) is 0 Å². The molecule has 1 aromatic heterocycles. The molecule has 0 aliphatic heterocycles. The van der Waals surface area contributed by atoms with Crippen LogP contribution in [-0.4, -0.2) is 23.9 Å². The van der Waals surface area contributed by atoms with E-state index in [4.69, 9.17) is 4.74 Å². The minimum Gasteiger partial charge on any atom is -0.481 e. The van der Waals surface area contributed by atoms with Gasteiger partial charge in [0.1, 0.15) is 0 Å². The van der Waals surface area contributed by atoms with Gasteiger partial charge in [-0.15, -0.1) is 0 Å². The Morgan fingerprint density at radius 1 is 1.23 bits per heavy atom. The molecule has 0 atom stereocenters. The van der Waals surface area contributed by atoms with Crippen molar-refractivity contribution in [2.24, 2.45) is 0 Å². The molecule has 2 rings (SSSR count). The largest absolute Gasteiger partial charge is 0.481 e. The van der Waals surface area contributed by atoms with Crippen molar-refractivity contribution in [1.29, 1.82) is 0 Å². The molecule has 6 heteroatoms. The summed E-state index contributed by atoms with van der Waals surface area (Å²) < 4.78 is 5.02. The number of hydrogen-bond donors (Lipinski definition) is 2. The number of nitrogens with one attached hydrogen (secondary N) is 2. The molecule has 0 radical (unpaired) electrons. The lowest BCUT2D eigenvalue weighted by molar-refractivity contribution is 0.101. The van der Waals surface area contributed by atoms with Crippen molar-refractivity contribution in [3.05, 3.63) is 53.7 Å². The van der Waals surface area contributed by atoms with Gasteiger partial charge in [-0.05, 0) is 30.7 Å². The average Bonchev–Trinajstić information content (AvgIpc) is 2.53. The SMILES string of the molecule is COc1cc(CNC(=O)Nc2cccc(C(C)=O)c2)ccn1. The van der Waals surface area contributed by atoms with Crippen LogP contribution in [0.5, 0.6) is 5.88 Å². The van der Waals surface area contributed by atoms with Gasteiger partial charge >= 0.3 is 6.03 Å². The standard InChI is InChI=1S/C16H17N3O3/c1-11(20)13-4-3-5-14(9-13)19-16(21)18-10-12-6-7-17-15(8-12)22-2/h3-9H,10H2,1-2H3,(H2,18,19,21). The Hall–Kier alpha value is -2.89. The predicted molar refractivity (Wildman–Crippen MR) is 83.1 cm³/mol. The van der Waals surface area contributed by atoms with Crippen LogP contribution in [0.2, 0.25) is 0 Å². The lowest BCUT2D eigenvalue weighted by atomic mass is 10.1. The number of methoxy groups -OCH3 is 1. The molecule has 0 bridgehead atoms. The summed E-state index contributed by atoms with van der Waals surface area (Å²) in [7, 11) is 1.54. The van der Waals surface area contributed by atoms with Crippen molar-refractivity contribution in [1.82, 2.24) is 10.3 Å². The molecule has 6 nitrogen and oxygen atoms in total. The van der Waals surface area contributed by atoms with Crippen LogP contribution in [-0.2, 0) is 6.54 Å². The van der Waals surface area contributed by atoms with Gasteiger partial charge < -0.3 is 15.4 Å². The van der Waals surface area contributed by atoms with Gasteiger partial charge in [0.2, 0.25) is 5.88 Å². The van der Waals surface area contributed by atoms with E-state index in [-0.39, 0.29) is 11.8 Å². The molecule has 2 N–H and O–H groups in total. The Morgan fingerprint density at radius 2 is 2.05 bits per heavy atom. The van der Waals surface area contributed by atoms with Crippen molar-refractivity contribution in [2.45, 2.75) is 13.5 Å². The molecule has 2 aromatic rings. The third-order valence-electron chi connectivity index (χ3n) is 2.99. The molecule has 0 saturated heterocycles. The number of ketones is 1. The highest BCUT2D eigenvalue weighted by Crippen LogP contribution is 2.11. The van der Waals surface area contributed by atoms with Gasteiger partial charge in [0.25, 0.3) is 0 Å². The quantitative estimate of drug-likeness (QED) is 0.832. The Kier molecular flexibility index (Phi) is 5.08. The van der Waals surface area contributed by atoms with E-state index in [2.05, 4.69) is 15.6 Å². The number of hydrogen-bond acceptors (Lipinski definition) is 4. The topological polar surface area (TPSA) is 80.3 Å². The molecule has 22 heavy (non-hydrogen) atoms. The summed E-state index contributed by atoms with van der Waals surface area (Å²) >= 11 is 0. The molecule has 2 amide bonds. The monoisotopic (exact) mass is 299 g/mol. The Balaban J connectivity index is 1.92. The fourth-order valence-electron chi connectivity index (χ4n) is 1.85. The number of benzene rings is 1. The summed E-state index contributed by atoms with van der Waals surface area (Å²) in [4.78, 5) is 27.2. The molecule has 0 saturated carbocycles. The zero-order chi connectivity index (χ0) is 15.9. The molecule has 114 valence electrons. The van der Waals surface area contributed by atoms with E-state index >= 15 is 0 Å². The van der Waals surface area contributed by atoms with Crippen LogP contribution < -0.4 is 15.4 Å². The van der Waals surface area contributed by atoms with Crippen molar-refractivity contribution in [3.63, 3.8) is 0 Å². The van der Waals surface area contributed by atoms with Gasteiger partial charge in [-0.25, -0.2) is 9.78 Å². The first-order valence-electron chi connectivity index (χ1n) is 6.73. The first-order valence-corrected chi connectivity index (χ1v) is 6.73. The van der Waals surface area contributed by atoms with E-state index in [1.54, 1.807) is 42.6 Å². The number of pyridine rings is 1. The fourth-order valence-corrected chi connectivity index (χ4v) is 1.85. The Bertz CT molecular complexity index is 686. The molecule has 0 aliphatic carbocycles. The number of nitrogens with zero attached hydrogens (tertiary/aromatic N) is 1. The number of amides is 2. The van der Waals surface area contributed by atoms with E-state index in [9.17, 15) is 9.59 Å². The van der Waals surface area contributed by atoms with E-state index < -0.39 is 0 Å². The number of carbonyl (C=O) groups excluding carboxylic acids is 2. The molecular formula is C16H17N3O3. The molecule has 0 fully saturated rings. The zero-order valence-corrected chi connectivity index (χ0v) is 12.4. The van der Waals surface area contributed by atoms with E-state index in [0.29, 0.717) is 23.7 Å². The smallest absolute Gasteiger partial charge is 0.319 e. The maximum atomic E-state index is 11.9. The second kappa shape index (κ2) is 7.21. The van der Waals surface area contributed by atoms with Crippen LogP contribution in [0.4, 0.5) is 10.5 Å². The minimum absolute atomic E-state index is 0.0482. The summed E-state index contributed by atoms with van der Waals surface area (Å²) in [6.07, 6.45) is 1.62. The molecule has 0 aliphatic rings. The Morgan fingerprint density at radius 3 is 2.77 bits per heavy atom. The molecule has 0 unspecified atom stereocenters. The maximum Gasteiger partial charge on any atom is 0.319 e. The van der Waals surface area contributed by atoms with Crippen molar-refractivity contribution >= 4 is 17.5 Å². The zero-order valence-electron chi connectivity index (χ0n) is 12.4. The van der Waals surface area contributed by atoms with Crippen LogP contribution >= 0.6 is 0 Å². The van der Waals surface area contributed by atoms with Crippen molar-refractivity contribution in [2.75, 3.05) is 12.4 Å². The third kappa shape index (κ3) is 4.31. The lowest BCUT2D eigenvalue weighted by Gasteiger charge is -2.09. The van der Waals surface area contributed by atoms with Crippen LogP contribution in [0.15, 0.2) is 42.6 Å². The first-order chi connectivity index (χ1) is 10.6. The molecule has 1 aromatic carbocycles. The van der Waals surface area contributed by atoms with E-state index in [1.807, 2.05) is 0 Å². The van der Waals surface area contributed by atoms with Crippen molar-refractivity contribution in [3.8, 4) is 5.88 Å². The molecular weight excluding hydrogens is 282 g/mol. The van der Waals surface area contributed by atoms with E-state index in [1.165, 1.54) is 14.0 Å². The number of Topliss-reactive ketones (excluding diaryl/α,β-unsaturated/α-hetero) is 1. The van der Waals surface area contributed by atoms with Gasteiger partial charge in [0.05, 0.1) is 7.11 Å². The summed E-state index contributed by atoms with van der Waals surface area (Å²) in [5.74, 6) is 0.446. The highest BCUT2D eigenvalue weighted by atomic mass is 16.5. The van der Waals surface area contributed by atoms with Crippen molar-refractivity contribution < 1.29 is 14.3 Å². The molecule has 1 heterocycles. The number of urea groups is 1. The second-order valence-corrected chi connectivity index (χ2v) is 4.65. The number of anilines is 1. The molecule has 0 spiro atoms. The van der Waals surface area contributed by atoms with Crippen LogP contribution in [0.25, 0.3) is 0 Å². The van der Waals surface area contributed by atoms with Crippen LogP contribution in [0.1, 0.15) is 22.8 Å². The minimum atomic E-state index is -0.350. The van der Waals surface area contributed by atoms with Gasteiger partial charge in [-0.3, -0.25) is 4.79 Å². The number of carbonyl (C=O) groups is 2. The summed E-state index contributed by atoms with van der Waals surface area (Å²) in [5, 5.41) is 5.42. The van der Waals surface area contributed by atoms with Gasteiger partial charge in [0, 0.05) is 30.1 Å². The van der Waals surface area contributed by atoms with Crippen LogP contribution in [0.3, 0.4) is 0 Å². The predicted octanol–water partition coefficient (Wildman–Crippen LogP) is 2.61. The Labute approximate surface area is 128 Å². The summed E-state index contributed by atoms with van der Waals surface area (Å²) in [6, 6.07) is 9.97. The second-order valence-electron chi connectivity index (χ2n) is 4.65. The van der Waals surface area contributed by atoms with E-state index in [0.717, 1.165) is 5.56 Å². The maximum absolute atomic E-state index is 11.9. The normalized spacial score (nSPS) is 9.91. The number of aromatic nitrogens is 1. The highest BCUT2D eigenvalue weighted by molar-refractivity contribution is 5.96. The third-order valence-corrected chi connectivity index (χ3v) is 2.99. The average molecular weight is 299 g/mol. The lowest BCUT2D eigenvalue weighted by Crippen LogP contribution is -2.28. The first kappa shape index (κ1) is 15.5.